The van der Waals surface area contributed by atoms with Crippen LogP contribution in [0.2, 0.25) is 0 Å². The van der Waals surface area contributed by atoms with Gasteiger partial charge in [0.25, 0.3) is 17.5 Å². The lowest BCUT2D eigenvalue weighted by molar-refractivity contribution is -0.385. The van der Waals surface area contributed by atoms with Crippen molar-refractivity contribution >= 4 is 23.4 Å². The van der Waals surface area contributed by atoms with E-state index in [1.807, 2.05) is 6.92 Å². The zero-order valence-electron chi connectivity index (χ0n) is 17.9. The number of rotatable bonds is 9. The molecule has 10 heteroatoms. The molecule has 1 atom stereocenters. The number of fused-ring (bicyclic) bond motifs is 1. The average molecular weight is 441 g/mol. The van der Waals surface area contributed by atoms with Crippen LogP contribution >= 0.6 is 0 Å². The number of nitro benzene ring substituents is 1. The Hall–Kier alpha value is -3.95. The van der Waals surface area contributed by atoms with Crippen molar-refractivity contribution in [2.75, 3.05) is 13.7 Å². The molecule has 0 radical (unpaired) electrons. The lowest BCUT2D eigenvalue weighted by Crippen LogP contribution is -2.47. The SMILES string of the molecule is CCCOc1ccc(CNC(=O)C(C)N2C(=O)c3cccc([N+](=O)[O-])c3C2=O)cc1OC. The molecule has 3 amide bonds. The molecule has 1 unspecified atom stereocenters. The Kier molecular flexibility index (Phi) is 6.72. The lowest BCUT2D eigenvalue weighted by atomic mass is 10.1. The number of nitrogens with zero attached hydrogens (tertiary/aromatic N) is 2. The minimum Gasteiger partial charge on any atom is -0.493 e. The van der Waals surface area contributed by atoms with Crippen molar-refractivity contribution in [1.29, 1.82) is 0 Å². The van der Waals surface area contributed by atoms with Crippen LogP contribution in [0.25, 0.3) is 0 Å². The fraction of sp³-hybridized carbons (Fsp3) is 0.318. The standard InChI is InChI=1S/C22H23N3O7/c1-4-10-32-17-9-8-14(11-18(17)31-3)12-23-20(26)13(2)24-21(27)15-6-5-7-16(25(29)30)19(15)22(24)28/h5-9,11,13H,4,10,12H2,1-3H3,(H,23,26). The molecular weight excluding hydrogens is 418 g/mol. The van der Waals surface area contributed by atoms with Crippen molar-refractivity contribution in [3.63, 3.8) is 0 Å². The molecule has 1 heterocycles. The number of nitrogens with one attached hydrogen (secondary N) is 1. The summed E-state index contributed by atoms with van der Waals surface area (Å²) in [6, 6.07) is 7.89. The Morgan fingerprint density at radius 3 is 2.59 bits per heavy atom. The Morgan fingerprint density at radius 1 is 1.19 bits per heavy atom. The van der Waals surface area contributed by atoms with Crippen LogP contribution in [0.3, 0.4) is 0 Å². The molecule has 0 saturated carbocycles. The molecule has 0 aromatic heterocycles. The van der Waals surface area contributed by atoms with E-state index in [0.717, 1.165) is 23.0 Å². The molecule has 168 valence electrons. The first-order valence-electron chi connectivity index (χ1n) is 10.0. The Labute approximate surface area is 184 Å². The maximum atomic E-state index is 12.8. The Morgan fingerprint density at radius 2 is 1.94 bits per heavy atom. The molecule has 32 heavy (non-hydrogen) atoms. The van der Waals surface area contributed by atoms with Crippen LogP contribution in [0.4, 0.5) is 5.69 Å². The van der Waals surface area contributed by atoms with Gasteiger partial charge in [0.1, 0.15) is 11.6 Å². The smallest absolute Gasteiger partial charge is 0.282 e. The number of imide groups is 1. The minimum absolute atomic E-state index is 0.0868. The molecule has 0 fully saturated rings. The zero-order chi connectivity index (χ0) is 23.4. The van der Waals surface area contributed by atoms with Gasteiger partial charge >= 0.3 is 0 Å². The fourth-order valence-corrected chi connectivity index (χ4v) is 3.40. The third kappa shape index (κ3) is 4.25. The van der Waals surface area contributed by atoms with Gasteiger partial charge in [-0.25, -0.2) is 0 Å². The molecule has 0 spiro atoms. The molecule has 0 saturated heterocycles. The van der Waals surface area contributed by atoms with E-state index < -0.39 is 34.4 Å². The highest BCUT2D eigenvalue weighted by atomic mass is 16.6. The van der Waals surface area contributed by atoms with Gasteiger partial charge in [-0.05, 0) is 37.1 Å². The molecule has 1 aliphatic rings. The molecule has 2 aromatic rings. The Balaban J connectivity index is 1.71. The van der Waals surface area contributed by atoms with Crippen molar-refractivity contribution in [1.82, 2.24) is 10.2 Å². The van der Waals surface area contributed by atoms with E-state index in [0.29, 0.717) is 18.1 Å². The average Bonchev–Trinajstić information content (AvgIpc) is 3.05. The quantitative estimate of drug-likeness (QED) is 0.360. The third-order valence-corrected chi connectivity index (χ3v) is 5.04. The molecule has 1 N–H and O–H groups in total. The number of methoxy groups -OCH3 is 1. The van der Waals surface area contributed by atoms with Gasteiger partial charge in [0, 0.05) is 12.6 Å². The largest absolute Gasteiger partial charge is 0.493 e. The van der Waals surface area contributed by atoms with Gasteiger partial charge < -0.3 is 14.8 Å². The first-order valence-corrected chi connectivity index (χ1v) is 10.0. The number of benzene rings is 2. The van der Waals surface area contributed by atoms with Crippen LogP contribution in [0.1, 0.15) is 46.5 Å². The van der Waals surface area contributed by atoms with Gasteiger partial charge in [-0.15, -0.1) is 0 Å². The number of hydrogen-bond donors (Lipinski definition) is 1. The zero-order valence-corrected chi connectivity index (χ0v) is 17.9. The van der Waals surface area contributed by atoms with Gasteiger partial charge in [-0.1, -0.05) is 19.1 Å². The van der Waals surface area contributed by atoms with Crippen LogP contribution in [-0.4, -0.2) is 47.3 Å². The van der Waals surface area contributed by atoms with Gasteiger partial charge in [-0.2, -0.15) is 0 Å². The molecule has 10 nitrogen and oxygen atoms in total. The second-order valence-electron chi connectivity index (χ2n) is 7.16. The number of nitro groups is 1. The molecule has 1 aliphatic heterocycles. The van der Waals surface area contributed by atoms with Crippen LogP contribution in [-0.2, 0) is 11.3 Å². The summed E-state index contributed by atoms with van der Waals surface area (Å²) in [5.74, 6) is -1.07. The van der Waals surface area contributed by atoms with Crippen LogP contribution in [0.5, 0.6) is 11.5 Å². The number of hydrogen-bond acceptors (Lipinski definition) is 7. The number of carbonyl (C=O) groups is 3. The molecule has 2 aromatic carbocycles. The predicted octanol–water partition coefficient (Wildman–Crippen LogP) is 2.69. The summed E-state index contributed by atoms with van der Waals surface area (Å²) in [7, 11) is 1.51. The van der Waals surface area contributed by atoms with Crippen molar-refractivity contribution in [3.8, 4) is 11.5 Å². The molecular formula is C22H23N3O7. The van der Waals surface area contributed by atoms with E-state index in [2.05, 4.69) is 5.32 Å². The predicted molar refractivity (Wildman–Crippen MR) is 114 cm³/mol. The van der Waals surface area contributed by atoms with Crippen LogP contribution in [0, 0.1) is 10.1 Å². The van der Waals surface area contributed by atoms with Gasteiger partial charge in [0.15, 0.2) is 11.5 Å². The first-order chi connectivity index (χ1) is 15.3. The first kappa shape index (κ1) is 22.7. The summed E-state index contributed by atoms with van der Waals surface area (Å²) < 4.78 is 10.9. The number of carbonyl (C=O) groups excluding carboxylic acids is 3. The summed E-state index contributed by atoms with van der Waals surface area (Å²) in [6.07, 6.45) is 0.847. The summed E-state index contributed by atoms with van der Waals surface area (Å²) in [5, 5.41) is 13.9. The van der Waals surface area contributed by atoms with Crippen molar-refractivity contribution in [2.24, 2.45) is 0 Å². The van der Waals surface area contributed by atoms with E-state index in [1.54, 1.807) is 18.2 Å². The molecule has 0 aliphatic carbocycles. The van der Waals surface area contributed by atoms with E-state index >= 15 is 0 Å². The summed E-state index contributed by atoms with van der Waals surface area (Å²) >= 11 is 0. The Bertz CT molecular complexity index is 1080. The maximum absolute atomic E-state index is 12.8. The molecule has 0 bridgehead atoms. The van der Waals surface area contributed by atoms with Crippen molar-refractivity contribution in [3.05, 3.63) is 63.2 Å². The summed E-state index contributed by atoms with van der Waals surface area (Å²) in [6.45, 7) is 4.05. The van der Waals surface area contributed by atoms with Gasteiger partial charge in [0.2, 0.25) is 5.91 Å². The second-order valence-corrected chi connectivity index (χ2v) is 7.16. The maximum Gasteiger partial charge on any atom is 0.282 e. The third-order valence-electron chi connectivity index (χ3n) is 5.04. The van der Waals surface area contributed by atoms with E-state index in [1.165, 1.54) is 26.2 Å². The number of ether oxygens (including phenoxy) is 2. The van der Waals surface area contributed by atoms with Crippen molar-refractivity contribution in [2.45, 2.75) is 32.9 Å². The van der Waals surface area contributed by atoms with Gasteiger partial charge in [-0.3, -0.25) is 29.4 Å². The second kappa shape index (κ2) is 9.46. The van der Waals surface area contributed by atoms with Gasteiger partial charge in [0.05, 0.1) is 24.2 Å². The fourth-order valence-electron chi connectivity index (χ4n) is 3.40. The minimum atomic E-state index is -1.16. The monoisotopic (exact) mass is 441 g/mol. The molecule has 3 rings (SSSR count). The topological polar surface area (TPSA) is 128 Å². The van der Waals surface area contributed by atoms with Crippen molar-refractivity contribution < 1.29 is 28.8 Å². The van der Waals surface area contributed by atoms with Crippen LogP contribution < -0.4 is 14.8 Å². The summed E-state index contributed by atoms with van der Waals surface area (Å²) in [5.41, 5.74) is -0.122. The highest BCUT2D eigenvalue weighted by Crippen LogP contribution is 2.32. The van der Waals surface area contributed by atoms with E-state index in [-0.39, 0.29) is 17.7 Å². The van der Waals surface area contributed by atoms with E-state index in [9.17, 15) is 24.5 Å². The number of amides is 3. The summed E-state index contributed by atoms with van der Waals surface area (Å²) in [4.78, 5) is 49.4. The highest BCUT2D eigenvalue weighted by molar-refractivity contribution is 6.24. The van der Waals surface area contributed by atoms with Crippen LogP contribution in [0.15, 0.2) is 36.4 Å². The normalized spacial score (nSPS) is 13.5. The highest BCUT2D eigenvalue weighted by Gasteiger charge is 2.44. The van der Waals surface area contributed by atoms with E-state index in [4.69, 9.17) is 9.47 Å². The lowest BCUT2D eigenvalue weighted by Gasteiger charge is -2.21.